The van der Waals surface area contributed by atoms with Crippen LogP contribution in [0.25, 0.3) is 0 Å². The number of nitrogens with one attached hydrogen (secondary N) is 1. The van der Waals surface area contributed by atoms with Gasteiger partial charge in [-0.2, -0.15) is 0 Å². The van der Waals surface area contributed by atoms with Crippen molar-refractivity contribution in [3.8, 4) is 0 Å². The fourth-order valence-corrected chi connectivity index (χ4v) is 2.37. The topological polar surface area (TPSA) is 12.0 Å². The Morgan fingerprint density at radius 3 is 2.43 bits per heavy atom. The lowest BCUT2D eigenvalue weighted by Gasteiger charge is -2.20. The van der Waals surface area contributed by atoms with Crippen LogP contribution in [0.15, 0.2) is 0 Å². The summed E-state index contributed by atoms with van der Waals surface area (Å²) in [6.07, 6.45) is 8.62. The van der Waals surface area contributed by atoms with E-state index in [1.165, 1.54) is 45.1 Å². The maximum Gasteiger partial charge on any atom is 0.00642 e. The molecule has 2 unspecified atom stereocenters. The van der Waals surface area contributed by atoms with Gasteiger partial charge in [-0.15, -0.1) is 0 Å². The summed E-state index contributed by atoms with van der Waals surface area (Å²) in [5, 5.41) is 3.66. The van der Waals surface area contributed by atoms with Gasteiger partial charge in [-0.1, -0.05) is 46.0 Å². The Morgan fingerprint density at radius 1 is 1.21 bits per heavy atom. The molecule has 0 saturated heterocycles. The van der Waals surface area contributed by atoms with E-state index in [9.17, 15) is 0 Å². The van der Waals surface area contributed by atoms with Crippen molar-refractivity contribution < 1.29 is 0 Å². The molecule has 1 aliphatic carbocycles. The fourth-order valence-electron chi connectivity index (χ4n) is 2.37. The molecule has 1 fully saturated rings. The van der Waals surface area contributed by atoms with Gasteiger partial charge in [0.1, 0.15) is 0 Å². The molecule has 0 aromatic carbocycles. The van der Waals surface area contributed by atoms with Crippen LogP contribution in [0.2, 0.25) is 0 Å². The maximum atomic E-state index is 3.66. The minimum atomic E-state index is 0.696. The lowest BCUT2D eigenvalue weighted by Crippen LogP contribution is -2.33. The van der Waals surface area contributed by atoms with Crippen LogP contribution < -0.4 is 5.32 Å². The summed E-state index contributed by atoms with van der Waals surface area (Å²) in [6.45, 7) is 8.17. The largest absolute Gasteiger partial charge is 0.314 e. The third-order valence-electron chi connectivity index (χ3n) is 3.99. The van der Waals surface area contributed by atoms with E-state index in [4.69, 9.17) is 0 Å². The number of rotatable bonds is 6. The molecular formula is C13H27N. The summed E-state index contributed by atoms with van der Waals surface area (Å²) in [6, 6.07) is 0.696. The van der Waals surface area contributed by atoms with Gasteiger partial charge in [0.05, 0.1) is 0 Å². The molecule has 14 heavy (non-hydrogen) atoms. The molecule has 0 bridgehead atoms. The Hall–Kier alpha value is -0.0400. The molecule has 1 aliphatic rings. The Balaban J connectivity index is 2.02. The number of hydrogen-bond acceptors (Lipinski definition) is 1. The van der Waals surface area contributed by atoms with Gasteiger partial charge in [0.25, 0.3) is 0 Å². The Labute approximate surface area is 89.7 Å². The zero-order valence-corrected chi connectivity index (χ0v) is 10.2. The van der Waals surface area contributed by atoms with Crippen molar-refractivity contribution >= 4 is 0 Å². The van der Waals surface area contributed by atoms with Crippen molar-refractivity contribution in [3.05, 3.63) is 0 Å². The zero-order chi connectivity index (χ0) is 10.4. The summed E-state index contributed by atoms with van der Waals surface area (Å²) in [5.41, 5.74) is 0. The Kier molecular flexibility index (Phi) is 5.54. The molecule has 0 amide bonds. The lowest BCUT2D eigenvalue weighted by atomic mass is 9.99. The highest BCUT2D eigenvalue weighted by atomic mass is 14.9. The highest BCUT2D eigenvalue weighted by Crippen LogP contribution is 2.26. The molecule has 0 heterocycles. The first-order valence-corrected chi connectivity index (χ1v) is 6.47. The van der Waals surface area contributed by atoms with E-state index in [0.29, 0.717) is 6.04 Å². The molecule has 0 radical (unpaired) electrons. The fraction of sp³-hybridized carbons (Fsp3) is 1.00. The van der Waals surface area contributed by atoms with Crippen LogP contribution in [-0.4, -0.2) is 12.6 Å². The molecule has 0 spiro atoms. The summed E-state index contributed by atoms with van der Waals surface area (Å²) < 4.78 is 0. The molecule has 0 aromatic heterocycles. The molecule has 84 valence electrons. The first kappa shape index (κ1) is 12.0. The average molecular weight is 197 g/mol. The molecule has 1 heteroatoms. The van der Waals surface area contributed by atoms with Crippen LogP contribution in [0.3, 0.4) is 0 Å². The summed E-state index contributed by atoms with van der Waals surface area (Å²) in [5.74, 6) is 1.85. The molecule has 1 saturated carbocycles. The Bertz CT molecular complexity index is 138. The quantitative estimate of drug-likeness (QED) is 0.686. The summed E-state index contributed by atoms with van der Waals surface area (Å²) in [4.78, 5) is 0. The Morgan fingerprint density at radius 2 is 1.86 bits per heavy atom. The third kappa shape index (κ3) is 4.00. The van der Waals surface area contributed by atoms with E-state index in [1.807, 2.05) is 0 Å². The van der Waals surface area contributed by atoms with Crippen LogP contribution in [-0.2, 0) is 0 Å². The molecule has 0 aromatic rings. The molecule has 1 nitrogen and oxygen atoms in total. The number of hydrogen-bond donors (Lipinski definition) is 1. The highest BCUT2D eigenvalue weighted by molar-refractivity contribution is 4.71. The SMILES string of the molecule is CCC(C)C(C)NCCC1CCCC1. The van der Waals surface area contributed by atoms with E-state index in [1.54, 1.807) is 0 Å². The smallest absolute Gasteiger partial charge is 0.00642 e. The normalized spacial score (nSPS) is 22.5. The van der Waals surface area contributed by atoms with Crippen LogP contribution >= 0.6 is 0 Å². The minimum Gasteiger partial charge on any atom is -0.314 e. The van der Waals surface area contributed by atoms with E-state index < -0.39 is 0 Å². The first-order chi connectivity index (χ1) is 6.74. The summed E-state index contributed by atoms with van der Waals surface area (Å²) >= 11 is 0. The van der Waals surface area contributed by atoms with Crippen LogP contribution in [0, 0.1) is 11.8 Å². The zero-order valence-electron chi connectivity index (χ0n) is 10.2. The van der Waals surface area contributed by atoms with Crippen molar-refractivity contribution in [2.75, 3.05) is 6.54 Å². The second-order valence-corrected chi connectivity index (χ2v) is 5.07. The van der Waals surface area contributed by atoms with E-state index in [2.05, 4.69) is 26.1 Å². The second kappa shape index (κ2) is 6.44. The van der Waals surface area contributed by atoms with Crippen LogP contribution in [0.1, 0.15) is 59.3 Å². The predicted octanol–water partition coefficient (Wildman–Crippen LogP) is 3.59. The van der Waals surface area contributed by atoms with Gasteiger partial charge in [0.15, 0.2) is 0 Å². The van der Waals surface area contributed by atoms with Gasteiger partial charge in [0, 0.05) is 6.04 Å². The summed E-state index contributed by atoms with van der Waals surface area (Å²) in [7, 11) is 0. The molecule has 1 N–H and O–H groups in total. The third-order valence-corrected chi connectivity index (χ3v) is 3.99. The van der Waals surface area contributed by atoms with Gasteiger partial charge < -0.3 is 5.32 Å². The minimum absolute atomic E-state index is 0.696. The van der Waals surface area contributed by atoms with Gasteiger partial charge in [-0.25, -0.2) is 0 Å². The average Bonchev–Trinajstić information content (AvgIpc) is 2.69. The highest BCUT2D eigenvalue weighted by Gasteiger charge is 2.15. The molecule has 0 aliphatic heterocycles. The van der Waals surface area contributed by atoms with Crippen molar-refractivity contribution in [3.63, 3.8) is 0 Å². The monoisotopic (exact) mass is 197 g/mol. The molecule has 1 rings (SSSR count). The second-order valence-electron chi connectivity index (χ2n) is 5.07. The lowest BCUT2D eigenvalue weighted by molar-refractivity contribution is 0.370. The van der Waals surface area contributed by atoms with E-state index in [-0.39, 0.29) is 0 Å². The van der Waals surface area contributed by atoms with E-state index >= 15 is 0 Å². The van der Waals surface area contributed by atoms with Crippen molar-refractivity contribution in [1.82, 2.24) is 5.32 Å². The van der Waals surface area contributed by atoms with Gasteiger partial charge in [0.2, 0.25) is 0 Å². The van der Waals surface area contributed by atoms with Gasteiger partial charge in [-0.05, 0) is 31.7 Å². The van der Waals surface area contributed by atoms with Gasteiger partial charge in [-0.3, -0.25) is 0 Å². The maximum absolute atomic E-state index is 3.66. The van der Waals surface area contributed by atoms with Crippen molar-refractivity contribution in [2.45, 2.75) is 65.3 Å². The molecular weight excluding hydrogens is 170 g/mol. The predicted molar refractivity (Wildman–Crippen MR) is 63.5 cm³/mol. The first-order valence-electron chi connectivity index (χ1n) is 6.47. The molecule has 2 atom stereocenters. The van der Waals surface area contributed by atoms with Gasteiger partial charge >= 0.3 is 0 Å². The van der Waals surface area contributed by atoms with E-state index in [0.717, 1.165) is 11.8 Å². The van der Waals surface area contributed by atoms with Crippen LogP contribution in [0.4, 0.5) is 0 Å². The van der Waals surface area contributed by atoms with Crippen molar-refractivity contribution in [1.29, 1.82) is 0 Å². The van der Waals surface area contributed by atoms with Crippen LogP contribution in [0.5, 0.6) is 0 Å². The van der Waals surface area contributed by atoms with Crippen molar-refractivity contribution in [2.24, 2.45) is 11.8 Å². The standard InChI is InChI=1S/C13H27N/c1-4-11(2)12(3)14-10-9-13-7-5-6-8-13/h11-14H,4-10H2,1-3H3.